The lowest BCUT2D eigenvalue weighted by Crippen LogP contribution is -2.00. The van der Waals surface area contributed by atoms with E-state index >= 15 is 0 Å². The van der Waals surface area contributed by atoms with Crippen molar-refractivity contribution in [3.8, 4) is 17.2 Å². The molecule has 0 bridgehead atoms. The highest BCUT2D eigenvalue weighted by atomic mass is 16.5. The average molecular weight is 322 g/mol. The zero-order valence-electron chi connectivity index (χ0n) is 13.2. The number of fused-ring (bicyclic) bond motifs is 2. The second kappa shape index (κ2) is 5.45. The van der Waals surface area contributed by atoms with E-state index < -0.39 is 0 Å². The predicted octanol–water partition coefficient (Wildman–Crippen LogP) is 4.07. The Bertz CT molecular complexity index is 963. The number of hydrogen-bond donors (Lipinski definition) is 0. The van der Waals surface area contributed by atoms with Crippen molar-refractivity contribution in [1.82, 2.24) is 0 Å². The first-order valence-electron chi connectivity index (χ1n) is 7.38. The summed E-state index contributed by atoms with van der Waals surface area (Å²) in [4.78, 5) is 12.7. The van der Waals surface area contributed by atoms with Crippen LogP contribution in [-0.2, 0) is 0 Å². The number of ether oxygens (including phenoxy) is 3. The van der Waals surface area contributed by atoms with E-state index in [4.69, 9.17) is 18.6 Å². The summed E-state index contributed by atoms with van der Waals surface area (Å²) in [6.45, 7) is 0. The molecule has 2 heterocycles. The van der Waals surface area contributed by atoms with E-state index in [-0.39, 0.29) is 11.5 Å². The molecule has 0 unspecified atom stereocenters. The van der Waals surface area contributed by atoms with Crippen LogP contribution >= 0.6 is 0 Å². The van der Waals surface area contributed by atoms with Crippen LogP contribution in [-0.4, -0.2) is 20.0 Å². The Kier molecular flexibility index (Phi) is 3.27. The van der Waals surface area contributed by atoms with Crippen molar-refractivity contribution >= 4 is 22.8 Å². The van der Waals surface area contributed by atoms with Crippen molar-refractivity contribution in [2.45, 2.75) is 0 Å². The molecule has 4 rings (SSSR count). The second-order valence-corrected chi connectivity index (χ2v) is 5.33. The molecule has 0 N–H and O–H groups in total. The van der Waals surface area contributed by atoms with Crippen molar-refractivity contribution in [2.75, 3.05) is 14.2 Å². The fraction of sp³-hybridized carbons (Fsp3) is 0.105. The smallest absolute Gasteiger partial charge is 0.235 e. The van der Waals surface area contributed by atoms with Crippen molar-refractivity contribution in [1.29, 1.82) is 0 Å². The number of benzene rings is 2. The van der Waals surface area contributed by atoms with Crippen LogP contribution in [0.15, 0.2) is 52.8 Å². The zero-order chi connectivity index (χ0) is 16.7. The van der Waals surface area contributed by atoms with Crippen LogP contribution in [0.3, 0.4) is 0 Å². The first-order chi connectivity index (χ1) is 11.7. The molecule has 0 radical (unpaired) electrons. The minimum Gasteiger partial charge on any atom is -0.497 e. The first-order valence-corrected chi connectivity index (χ1v) is 7.38. The highest BCUT2D eigenvalue weighted by Gasteiger charge is 2.33. The molecule has 120 valence electrons. The van der Waals surface area contributed by atoms with Crippen LogP contribution in [0.1, 0.15) is 15.9 Å². The van der Waals surface area contributed by atoms with Gasteiger partial charge in [-0.05, 0) is 29.8 Å². The van der Waals surface area contributed by atoms with Gasteiger partial charge in [0.25, 0.3) is 0 Å². The maximum atomic E-state index is 12.7. The standard InChI is InChI=1S/C19H14O5/c1-21-12-5-3-11(4-6-12)9-16-18(20)17-15(24-16)10-14-13(7-8-23-14)19(17)22-2/h3-10H,1-2H3/b16-9-. The Labute approximate surface area is 138 Å². The number of methoxy groups -OCH3 is 2. The maximum absolute atomic E-state index is 12.7. The van der Waals surface area contributed by atoms with Crippen LogP contribution in [0.25, 0.3) is 17.0 Å². The van der Waals surface area contributed by atoms with E-state index in [9.17, 15) is 4.79 Å². The number of allylic oxidation sites excluding steroid dienone is 1. The molecule has 24 heavy (non-hydrogen) atoms. The molecule has 1 aromatic heterocycles. The van der Waals surface area contributed by atoms with Gasteiger partial charge in [-0.25, -0.2) is 0 Å². The van der Waals surface area contributed by atoms with Gasteiger partial charge in [-0.2, -0.15) is 0 Å². The number of Topliss-reactive ketones (excluding diaryl/α,β-unsaturated/α-hetero) is 1. The average Bonchev–Trinajstić information content (AvgIpc) is 3.19. The Morgan fingerprint density at radius 3 is 2.54 bits per heavy atom. The Hall–Kier alpha value is -3.21. The first kappa shape index (κ1) is 14.4. The van der Waals surface area contributed by atoms with Gasteiger partial charge in [-0.3, -0.25) is 4.79 Å². The molecule has 0 atom stereocenters. The Morgan fingerprint density at radius 2 is 1.83 bits per heavy atom. The molecule has 0 spiro atoms. The van der Waals surface area contributed by atoms with Crippen molar-refractivity contribution in [3.05, 3.63) is 59.5 Å². The summed E-state index contributed by atoms with van der Waals surface area (Å²) in [6, 6.07) is 10.8. The summed E-state index contributed by atoms with van der Waals surface area (Å²) in [5.41, 5.74) is 1.88. The zero-order valence-corrected chi connectivity index (χ0v) is 13.2. The number of furan rings is 1. The summed E-state index contributed by atoms with van der Waals surface area (Å²) in [6.07, 6.45) is 3.25. The number of hydrogen-bond acceptors (Lipinski definition) is 5. The lowest BCUT2D eigenvalue weighted by Gasteiger charge is -2.04. The summed E-state index contributed by atoms with van der Waals surface area (Å²) >= 11 is 0. The third kappa shape index (κ3) is 2.13. The minimum atomic E-state index is -0.208. The van der Waals surface area contributed by atoms with Gasteiger partial charge in [0.15, 0.2) is 5.76 Å². The number of ketones is 1. The van der Waals surface area contributed by atoms with Crippen molar-refractivity contribution < 1.29 is 23.4 Å². The van der Waals surface area contributed by atoms with Crippen LogP contribution in [0, 0.1) is 0 Å². The lowest BCUT2D eigenvalue weighted by atomic mass is 10.1. The Balaban J connectivity index is 1.78. The quantitative estimate of drug-likeness (QED) is 0.680. The third-order valence-corrected chi connectivity index (χ3v) is 3.96. The van der Waals surface area contributed by atoms with Crippen molar-refractivity contribution in [3.63, 3.8) is 0 Å². The van der Waals surface area contributed by atoms with Gasteiger partial charge in [0, 0.05) is 6.07 Å². The van der Waals surface area contributed by atoms with Gasteiger partial charge in [0.2, 0.25) is 5.78 Å². The van der Waals surface area contributed by atoms with Gasteiger partial charge >= 0.3 is 0 Å². The van der Waals surface area contributed by atoms with Gasteiger partial charge in [-0.1, -0.05) is 12.1 Å². The van der Waals surface area contributed by atoms with Crippen LogP contribution in [0.5, 0.6) is 17.2 Å². The highest BCUT2D eigenvalue weighted by Crippen LogP contribution is 2.43. The summed E-state index contributed by atoms with van der Waals surface area (Å²) < 4.78 is 21.7. The van der Waals surface area contributed by atoms with E-state index in [1.165, 1.54) is 7.11 Å². The lowest BCUT2D eigenvalue weighted by molar-refractivity contribution is 0.101. The largest absolute Gasteiger partial charge is 0.497 e. The number of carbonyl (C=O) groups excluding carboxylic acids is 1. The highest BCUT2D eigenvalue weighted by molar-refractivity contribution is 6.18. The summed E-state index contributed by atoms with van der Waals surface area (Å²) in [5, 5.41) is 0.749. The number of carbonyl (C=O) groups is 1. The maximum Gasteiger partial charge on any atom is 0.235 e. The molecule has 0 saturated carbocycles. The molecule has 0 fully saturated rings. The molecular formula is C19H14O5. The van der Waals surface area contributed by atoms with Gasteiger partial charge < -0.3 is 18.6 Å². The van der Waals surface area contributed by atoms with Gasteiger partial charge in [0.1, 0.15) is 28.4 Å². The fourth-order valence-corrected chi connectivity index (χ4v) is 2.80. The van der Waals surface area contributed by atoms with Crippen LogP contribution < -0.4 is 14.2 Å². The summed E-state index contributed by atoms with van der Waals surface area (Å²) in [7, 11) is 3.14. The van der Waals surface area contributed by atoms with Gasteiger partial charge in [-0.15, -0.1) is 0 Å². The third-order valence-electron chi connectivity index (χ3n) is 3.96. The number of rotatable bonds is 3. The predicted molar refractivity (Wildman–Crippen MR) is 88.7 cm³/mol. The second-order valence-electron chi connectivity index (χ2n) is 5.33. The molecule has 1 aliphatic rings. The molecule has 0 amide bonds. The molecule has 2 aromatic carbocycles. The molecular weight excluding hydrogens is 308 g/mol. The van der Waals surface area contributed by atoms with Crippen molar-refractivity contribution in [2.24, 2.45) is 0 Å². The van der Waals surface area contributed by atoms with E-state index in [0.29, 0.717) is 22.6 Å². The fourth-order valence-electron chi connectivity index (χ4n) is 2.80. The molecule has 5 heteroatoms. The van der Waals surface area contributed by atoms with E-state index in [0.717, 1.165) is 16.7 Å². The van der Waals surface area contributed by atoms with E-state index in [1.54, 1.807) is 31.6 Å². The SMILES string of the molecule is COc1ccc(/C=C2\Oc3cc4occc4c(OC)c3C2=O)cc1. The minimum absolute atomic E-state index is 0.208. The monoisotopic (exact) mass is 322 g/mol. The topological polar surface area (TPSA) is 57.9 Å². The molecule has 1 aliphatic heterocycles. The van der Waals surface area contributed by atoms with Crippen LogP contribution in [0.2, 0.25) is 0 Å². The van der Waals surface area contributed by atoms with E-state index in [2.05, 4.69) is 0 Å². The van der Waals surface area contributed by atoms with E-state index in [1.807, 2.05) is 24.3 Å². The van der Waals surface area contributed by atoms with Crippen LogP contribution in [0.4, 0.5) is 0 Å². The molecule has 5 nitrogen and oxygen atoms in total. The Morgan fingerprint density at radius 1 is 1.04 bits per heavy atom. The van der Waals surface area contributed by atoms with Gasteiger partial charge in [0.05, 0.1) is 25.9 Å². The summed E-state index contributed by atoms with van der Waals surface area (Å²) in [5.74, 6) is 1.71. The normalized spacial score (nSPS) is 14.8. The molecule has 0 aliphatic carbocycles. The molecule has 0 saturated heterocycles. The molecule has 3 aromatic rings.